The molecule has 0 aliphatic rings. The first-order valence-electron chi connectivity index (χ1n) is 6.96. The monoisotopic (exact) mass is 250 g/mol. The number of nitrogens with zero attached hydrogens (tertiary/aromatic N) is 3. The van der Waals surface area contributed by atoms with Gasteiger partial charge in [-0.3, -0.25) is 0 Å². The molecular formula is C13H24N5. The van der Waals surface area contributed by atoms with Crippen LogP contribution in [-0.2, 0) is 0 Å². The van der Waals surface area contributed by atoms with Crippen molar-refractivity contribution in [2.45, 2.75) is 52.4 Å². The number of rotatable bonds is 10. The molecule has 1 aromatic rings. The van der Waals surface area contributed by atoms with Crippen LogP contribution >= 0.6 is 0 Å². The van der Waals surface area contributed by atoms with E-state index >= 15 is 0 Å². The van der Waals surface area contributed by atoms with Gasteiger partial charge in [0.15, 0.2) is 0 Å². The summed E-state index contributed by atoms with van der Waals surface area (Å²) in [5.41, 5.74) is 0. The van der Waals surface area contributed by atoms with Gasteiger partial charge < -0.3 is 10.6 Å². The molecule has 0 spiro atoms. The van der Waals surface area contributed by atoms with E-state index in [0.29, 0.717) is 11.9 Å². The average Bonchev–Trinajstić information content (AvgIpc) is 2.40. The Bertz CT molecular complexity index is 289. The minimum absolute atomic E-state index is 0.610. The summed E-state index contributed by atoms with van der Waals surface area (Å²) in [5.74, 6) is 1.22. The SMILES string of the molecule is CCCCCNc1n[c]nc(NCCCCC)n1. The summed E-state index contributed by atoms with van der Waals surface area (Å²) in [7, 11) is 0. The molecule has 0 saturated carbocycles. The molecular weight excluding hydrogens is 226 g/mol. The number of nitrogens with one attached hydrogen (secondary N) is 2. The van der Waals surface area contributed by atoms with Crippen molar-refractivity contribution in [2.75, 3.05) is 23.7 Å². The van der Waals surface area contributed by atoms with Gasteiger partial charge in [0.25, 0.3) is 0 Å². The Morgan fingerprint density at radius 3 is 1.78 bits per heavy atom. The van der Waals surface area contributed by atoms with Gasteiger partial charge in [0.1, 0.15) is 0 Å². The highest BCUT2D eigenvalue weighted by Gasteiger charge is 1.99. The Kier molecular flexibility index (Phi) is 7.84. The molecule has 1 heterocycles. The number of aromatic nitrogens is 3. The molecule has 0 aromatic carbocycles. The van der Waals surface area contributed by atoms with E-state index in [0.717, 1.165) is 25.9 Å². The zero-order valence-corrected chi connectivity index (χ0v) is 11.5. The maximum absolute atomic E-state index is 4.29. The van der Waals surface area contributed by atoms with Crippen molar-refractivity contribution in [3.8, 4) is 0 Å². The van der Waals surface area contributed by atoms with Gasteiger partial charge in [-0.1, -0.05) is 39.5 Å². The molecule has 0 atom stereocenters. The van der Waals surface area contributed by atoms with Gasteiger partial charge in [-0.25, -0.2) is 0 Å². The van der Waals surface area contributed by atoms with Crippen LogP contribution in [0.5, 0.6) is 0 Å². The van der Waals surface area contributed by atoms with E-state index in [-0.39, 0.29) is 0 Å². The highest BCUT2D eigenvalue weighted by molar-refractivity contribution is 5.32. The molecule has 5 nitrogen and oxygen atoms in total. The first-order valence-corrected chi connectivity index (χ1v) is 6.96. The van der Waals surface area contributed by atoms with E-state index in [1.165, 1.54) is 25.7 Å². The van der Waals surface area contributed by atoms with Crippen LogP contribution in [0.2, 0.25) is 0 Å². The summed E-state index contributed by atoms with van der Waals surface area (Å²) in [6.45, 7) is 6.19. The number of anilines is 2. The predicted octanol–water partition coefficient (Wildman–Crippen LogP) is 2.88. The van der Waals surface area contributed by atoms with E-state index in [2.05, 4.69) is 45.8 Å². The van der Waals surface area contributed by atoms with Gasteiger partial charge in [0, 0.05) is 13.1 Å². The fourth-order valence-corrected chi connectivity index (χ4v) is 1.58. The second kappa shape index (κ2) is 9.62. The number of unbranched alkanes of at least 4 members (excludes halogenated alkanes) is 4. The second-order valence-electron chi connectivity index (χ2n) is 4.35. The Balaban J connectivity index is 2.27. The van der Waals surface area contributed by atoms with Gasteiger partial charge in [0.2, 0.25) is 18.2 Å². The highest BCUT2D eigenvalue weighted by atomic mass is 15.2. The average molecular weight is 250 g/mol. The van der Waals surface area contributed by atoms with Gasteiger partial charge in [-0.2, -0.15) is 15.0 Å². The molecule has 0 bridgehead atoms. The third kappa shape index (κ3) is 6.37. The minimum Gasteiger partial charge on any atom is -0.354 e. The predicted molar refractivity (Wildman–Crippen MR) is 74.7 cm³/mol. The molecule has 0 saturated heterocycles. The van der Waals surface area contributed by atoms with Crippen LogP contribution in [0.1, 0.15) is 52.4 Å². The summed E-state index contributed by atoms with van der Waals surface area (Å²) in [4.78, 5) is 12.3. The molecule has 0 amide bonds. The molecule has 0 unspecified atom stereocenters. The van der Waals surface area contributed by atoms with Crippen LogP contribution in [0.25, 0.3) is 0 Å². The molecule has 0 fully saturated rings. The van der Waals surface area contributed by atoms with Crippen molar-refractivity contribution < 1.29 is 0 Å². The summed E-state index contributed by atoms with van der Waals surface area (Å²) < 4.78 is 0. The maximum atomic E-state index is 4.29. The minimum atomic E-state index is 0.610. The molecule has 1 rings (SSSR count). The van der Waals surface area contributed by atoms with Crippen LogP contribution in [0, 0.1) is 6.33 Å². The second-order valence-corrected chi connectivity index (χ2v) is 4.35. The van der Waals surface area contributed by atoms with Gasteiger partial charge in [-0.15, -0.1) is 0 Å². The van der Waals surface area contributed by atoms with E-state index in [9.17, 15) is 0 Å². The van der Waals surface area contributed by atoms with Crippen molar-refractivity contribution >= 4 is 11.9 Å². The molecule has 0 aliphatic heterocycles. The van der Waals surface area contributed by atoms with Crippen LogP contribution < -0.4 is 10.6 Å². The lowest BCUT2D eigenvalue weighted by Gasteiger charge is -2.06. The molecule has 1 aromatic heterocycles. The van der Waals surface area contributed by atoms with E-state index in [4.69, 9.17) is 0 Å². The summed E-state index contributed by atoms with van der Waals surface area (Å²) in [5, 5.41) is 6.38. The van der Waals surface area contributed by atoms with Crippen LogP contribution in [-0.4, -0.2) is 28.0 Å². The third-order valence-electron chi connectivity index (χ3n) is 2.65. The summed E-state index contributed by atoms with van der Waals surface area (Å²) >= 11 is 0. The van der Waals surface area contributed by atoms with E-state index < -0.39 is 0 Å². The van der Waals surface area contributed by atoms with E-state index in [1.54, 1.807) is 0 Å². The number of hydrogen-bond acceptors (Lipinski definition) is 5. The Morgan fingerprint density at radius 2 is 1.33 bits per heavy atom. The lowest BCUT2D eigenvalue weighted by molar-refractivity contribution is 0.735. The van der Waals surface area contributed by atoms with E-state index in [1.807, 2.05) is 0 Å². The number of hydrogen-bond donors (Lipinski definition) is 2. The van der Waals surface area contributed by atoms with Crippen LogP contribution in [0.3, 0.4) is 0 Å². The zero-order valence-electron chi connectivity index (χ0n) is 11.5. The topological polar surface area (TPSA) is 62.7 Å². The largest absolute Gasteiger partial charge is 0.354 e. The Hall–Kier alpha value is -1.39. The van der Waals surface area contributed by atoms with Crippen molar-refractivity contribution in [1.29, 1.82) is 0 Å². The lowest BCUT2D eigenvalue weighted by atomic mass is 10.2. The van der Waals surface area contributed by atoms with Crippen molar-refractivity contribution in [3.63, 3.8) is 0 Å². The van der Waals surface area contributed by atoms with Gasteiger partial charge in [-0.05, 0) is 12.8 Å². The lowest BCUT2D eigenvalue weighted by Crippen LogP contribution is -2.10. The van der Waals surface area contributed by atoms with Crippen molar-refractivity contribution in [1.82, 2.24) is 15.0 Å². The maximum Gasteiger partial charge on any atom is 0.228 e. The smallest absolute Gasteiger partial charge is 0.228 e. The van der Waals surface area contributed by atoms with Crippen molar-refractivity contribution in [3.05, 3.63) is 6.33 Å². The summed E-state index contributed by atoms with van der Waals surface area (Å²) in [6.07, 6.45) is 9.79. The normalized spacial score (nSPS) is 10.3. The molecule has 18 heavy (non-hydrogen) atoms. The third-order valence-corrected chi connectivity index (χ3v) is 2.65. The first kappa shape index (κ1) is 14.7. The quantitative estimate of drug-likeness (QED) is 0.625. The van der Waals surface area contributed by atoms with Gasteiger partial charge >= 0.3 is 0 Å². The standard InChI is InChI=1S/C13H24N5/c1-3-5-7-9-14-12-16-11-17-13(18-12)15-10-8-6-4-2/h3-10H2,1-2H3,(H2,14,15,16,17,18). The van der Waals surface area contributed by atoms with Crippen molar-refractivity contribution in [2.24, 2.45) is 0 Å². The fraction of sp³-hybridized carbons (Fsp3) is 0.769. The highest BCUT2D eigenvalue weighted by Crippen LogP contribution is 2.03. The molecule has 1 radical (unpaired) electrons. The zero-order chi connectivity index (χ0) is 13.1. The first-order chi connectivity index (χ1) is 8.86. The van der Waals surface area contributed by atoms with Gasteiger partial charge in [0.05, 0.1) is 0 Å². The summed E-state index contributed by atoms with van der Waals surface area (Å²) in [6, 6.07) is 0. The fourth-order valence-electron chi connectivity index (χ4n) is 1.58. The molecule has 0 aliphatic carbocycles. The molecule has 5 heteroatoms. The molecule has 101 valence electrons. The Morgan fingerprint density at radius 1 is 0.833 bits per heavy atom. The Labute approximate surface area is 110 Å². The van der Waals surface area contributed by atoms with Crippen LogP contribution in [0.4, 0.5) is 11.9 Å². The molecule has 2 N–H and O–H groups in total. The van der Waals surface area contributed by atoms with Crippen LogP contribution in [0.15, 0.2) is 0 Å².